The molecule has 0 bridgehead atoms. The number of hydrogen-bond donors (Lipinski definition) is 0. The molecule has 0 saturated carbocycles. The summed E-state index contributed by atoms with van der Waals surface area (Å²) in [5.41, 5.74) is 0.804. The fraction of sp³-hybridized carbons (Fsp3) is 0.462. The molecule has 1 aromatic carbocycles. The number of Topliss-reactive ketones (excluding diaryl/α,β-unsaturated/α-hetero) is 1. The molecule has 15 heavy (non-hydrogen) atoms. The van der Waals surface area contributed by atoms with E-state index < -0.39 is 0 Å². The van der Waals surface area contributed by atoms with Crippen molar-refractivity contribution >= 4 is 5.78 Å². The van der Waals surface area contributed by atoms with Gasteiger partial charge in [0.25, 0.3) is 0 Å². The molecule has 0 N–H and O–H groups in total. The minimum Gasteiger partial charge on any atom is -0.306 e. The molecular formula is C13H19NO. The number of benzene rings is 1. The second-order valence-electron chi connectivity index (χ2n) is 4.22. The van der Waals surface area contributed by atoms with Crippen molar-refractivity contribution in [1.82, 2.24) is 4.90 Å². The Bertz CT molecular complexity index is 319. The van der Waals surface area contributed by atoms with E-state index in [-0.39, 0.29) is 17.7 Å². The fourth-order valence-corrected chi connectivity index (χ4v) is 1.53. The molecule has 0 saturated heterocycles. The van der Waals surface area contributed by atoms with Crippen molar-refractivity contribution in [3.05, 3.63) is 35.9 Å². The average Bonchev–Trinajstić information content (AvgIpc) is 2.27. The lowest BCUT2D eigenvalue weighted by Gasteiger charge is -2.25. The van der Waals surface area contributed by atoms with Crippen LogP contribution in [0, 0.1) is 5.92 Å². The van der Waals surface area contributed by atoms with Gasteiger partial charge in [0.15, 0.2) is 5.78 Å². The van der Waals surface area contributed by atoms with Gasteiger partial charge in [0, 0.05) is 17.5 Å². The molecule has 2 atom stereocenters. The summed E-state index contributed by atoms with van der Waals surface area (Å²) in [6.07, 6.45) is 0. The predicted octanol–water partition coefficient (Wildman–Crippen LogP) is 2.46. The van der Waals surface area contributed by atoms with Gasteiger partial charge in [-0.05, 0) is 21.0 Å². The lowest BCUT2D eigenvalue weighted by atomic mass is 9.93. The van der Waals surface area contributed by atoms with Crippen LogP contribution in [0.5, 0.6) is 0 Å². The third-order valence-corrected chi connectivity index (χ3v) is 3.01. The highest BCUT2D eigenvalue weighted by atomic mass is 16.1. The molecule has 2 nitrogen and oxygen atoms in total. The molecule has 2 unspecified atom stereocenters. The van der Waals surface area contributed by atoms with E-state index in [1.165, 1.54) is 0 Å². The molecule has 0 aromatic heterocycles. The molecule has 1 aromatic rings. The predicted molar refractivity (Wildman–Crippen MR) is 63.1 cm³/mol. The van der Waals surface area contributed by atoms with Crippen LogP contribution < -0.4 is 0 Å². The van der Waals surface area contributed by atoms with Gasteiger partial charge in [0.1, 0.15) is 0 Å². The first-order valence-electron chi connectivity index (χ1n) is 5.29. The van der Waals surface area contributed by atoms with Crippen LogP contribution in [0.4, 0.5) is 0 Å². The van der Waals surface area contributed by atoms with Gasteiger partial charge in [-0.15, -0.1) is 0 Å². The van der Waals surface area contributed by atoms with Crippen molar-refractivity contribution in [3.8, 4) is 0 Å². The Morgan fingerprint density at radius 3 is 2.13 bits per heavy atom. The van der Waals surface area contributed by atoms with Crippen molar-refractivity contribution in [1.29, 1.82) is 0 Å². The van der Waals surface area contributed by atoms with Gasteiger partial charge >= 0.3 is 0 Å². The number of nitrogens with zero attached hydrogens (tertiary/aromatic N) is 1. The zero-order valence-corrected chi connectivity index (χ0v) is 9.90. The summed E-state index contributed by atoms with van der Waals surface area (Å²) in [5.74, 6) is 0.249. The second kappa shape index (κ2) is 5.08. The van der Waals surface area contributed by atoms with Crippen molar-refractivity contribution in [2.75, 3.05) is 14.1 Å². The Kier molecular flexibility index (Phi) is 4.04. The van der Waals surface area contributed by atoms with E-state index in [9.17, 15) is 4.79 Å². The Hall–Kier alpha value is -1.15. The molecule has 0 heterocycles. The summed E-state index contributed by atoms with van der Waals surface area (Å²) < 4.78 is 0. The van der Waals surface area contributed by atoms with Crippen LogP contribution in [0.3, 0.4) is 0 Å². The van der Waals surface area contributed by atoms with E-state index in [2.05, 4.69) is 11.8 Å². The Morgan fingerprint density at radius 1 is 1.13 bits per heavy atom. The monoisotopic (exact) mass is 205 g/mol. The minimum absolute atomic E-state index is 0.0300. The van der Waals surface area contributed by atoms with Crippen molar-refractivity contribution < 1.29 is 4.79 Å². The second-order valence-corrected chi connectivity index (χ2v) is 4.22. The normalized spacial score (nSPS) is 15.0. The minimum atomic E-state index is 0.0300. The molecule has 0 amide bonds. The molecular weight excluding hydrogens is 186 g/mol. The van der Waals surface area contributed by atoms with Crippen LogP contribution in [-0.4, -0.2) is 30.8 Å². The third kappa shape index (κ3) is 2.90. The Labute approximate surface area is 91.9 Å². The Morgan fingerprint density at radius 2 is 1.67 bits per heavy atom. The SMILES string of the molecule is CC(C(=O)c1ccccc1)C(C)N(C)C. The van der Waals surface area contributed by atoms with E-state index in [1.54, 1.807) is 0 Å². The Balaban J connectivity index is 2.78. The average molecular weight is 205 g/mol. The van der Waals surface area contributed by atoms with E-state index in [1.807, 2.05) is 51.4 Å². The zero-order valence-electron chi connectivity index (χ0n) is 9.90. The van der Waals surface area contributed by atoms with Gasteiger partial charge in [0.05, 0.1) is 0 Å². The van der Waals surface area contributed by atoms with E-state index in [4.69, 9.17) is 0 Å². The fourth-order valence-electron chi connectivity index (χ4n) is 1.53. The van der Waals surface area contributed by atoms with Crippen LogP contribution in [0.2, 0.25) is 0 Å². The van der Waals surface area contributed by atoms with Crippen LogP contribution in [0.1, 0.15) is 24.2 Å². The number of ketones is 1. The first kappa shape index (κ1) is 11.9. The van der Waals surface area contributed by atoms with Crippen LogP contribution >= 0.6 is 0 Å². The molecule has 0 aliphatic rings. The van der Waals surface area contributed by atoms with Gasteiger partial charge in [0.2, 0.25) is 0 Å². The van der Waals surface area contributed by atoms with Gasteiger partial charge in [-0.25, -0.2) is 0 Å². The number of hydrogen-bond acceptors (Lipinski definition) is 2. The summed E-state index contributed by atoms with van der Waals surface area (Å²) in [5, 5.41) is 0. The topological polar surface area (TPSA) is 20.3 Å². The molecule has 2 heteroatoms. The van der Waals surface area contributed by atoms with E-state index in [0.717, 1.165) is 5.56 Å². The molecule has 0 fully saturated rings. The maximum Gasteiger partial charge on any atom is 0.167 e. The molecule has 0 radical (unpaired) electrons. The largest absolute Gasteiger partial charge is 0.306 e. The zero-order chi connectivity index (χ0) is 11.4. The highest BCUT2D eigenvalue weighted by Crippen LogP contribution is 2.14. The van der Waals surface area contributed by atoms with Crippen LogP contribution in [0.15, 0.2) is 30.3 Å². The first-order valence-corrected chi connectivity index (χ1v) is 5.29. The van der Waals surface area contributed by atoms with E-state index in [0.29, 0.717) is 0 Å². The summed E-state index contributed by atoms with van der Waals surface area (Å²) in [4.78, 5) is 14.1. The summed E-state index contributed by atoms with van der Waals surface area (Å²) in [7, 11) is 4.00. The van der Waals surface area contributed by atoms with Crippen molar-refractivity contribution in [2.24, 2.45) is 5.92 Å². The highest BCUT2D eigenvalue weighted by molar-refractivity contribution is 5.97. The molecule has 0 aliphatic carbocycles. The maximum absolute atomic E-state index is 12.1. The summed E-state index contributed by atoms with van der Waals surface area (Å²) in [6, 6.07) is 9.75. The number of carbonyl (C=O) groups is 1. The summed E-state index contributed by atoms with van der Waals surface area (Å²) in [6.45, 7) is 4.06. The lowest BCUT2D eigenvalue weighted by Crippen LogP contribution is -2.35. The van der Waals surface area contributed by atoms with Crippen LogP contribution in [0.25, 0.3) is 0 Å². The molecule has 1 rings (SSSR count). The highest BCUT2D eigenvalue weighted by Gasteiger charge is 2.22. The van der Waals surface area contributed by atoms with Crippen LogP contribution in [-0.2, 0) is 0 Å². The van der Waals surface area contributed by atoms with Gasteiger partial charge in [-0.2, -0.15) is 0 Å². The smallest absolute Gasteiger partial charge is 0.167 e. The molecule has 82 valence electrons. The number of carbonyl (C=O) groups excluding carboxylic acids is 1. The van der Waals surface area contributed by atoms with Crippen molar-refractivity contribution in [3.63, 3.8) is 0 Å². The maximum atomic E-state index is 12.1. The van der Waals surface area contributed by atoms with E-state index >= 15 is 0 Å². The van der Waals surface area contributed by atoms with Crippen molar-refractivity contribution in [2.45, 2.75) is 19.9 Å². The quantitative estimate of drug-likeness (QED) is 0.704. The summed E-state index contributed by atoms with van der Waals surface area (Å²) >= 11 is 0. The van der Waals surface area contributed by atoms with Gasteiger partial charge < -0.3 is 4.90 Å². The third-order valence-electron chi connectivity index (χ3n) is 3.01. The molecule has 0 spiro atoms. The van der Waals surface area contributed by atoms with Gasteiger partial charge in [-0.1, -0.05) is 37.3 Å². The lowest BCUT2D eigenvalue weighted by molar-refractivity contribution is 0.0865. The van der Waals surface area contributed by atoms with Gasteiger partial charge in [-0.3, -0.25) is 4.79 Å². The molecule has 0 aliphatic heterocycles. The first-order chi connectivity index (χ1) is 7.04. The standard InChI is InChI=1S/C13H19NO/c1-10(11(2)14(3)4)13(15)12-8-6-5-7-9-12/h5-11H,1-4H3. The number of rotatable bonds is 4.